The maximum Gasteiger partial charge on any atom is 0.258 e. The molecule has 7 heteroatoms. The number of carbonyl (C=O) groups excluding carboxylic acids is 1. The Morgan fingerprint density at radius 1 is 1.19 bits per heavy atom. The van der Waals surface area contributed by atoms with E-state index < -0.39 is 0 Å². The van der Waals surface area contributed by atoms with Crippen LogP contribution in [-0.4, -0.2) is 25.2 Å². The molecule has 0 unspecified atom stereocenters. The fraction of sp³-hybridized carbons (Fsp3) is 0.421. The lowest BCUT2D eigenvalue weighted by molar-refractivity contribution is -0.688. The molecule has 1 aromatic carbocycles. The van der Waals surface area contributed by atoms with Crippen LogP contribution in [0.4, 0.5) is 0 Å². The van der Waals surface area contributed by atoms with Crippen LogP contribution in [0.5, 0.6) is 11.5 Å². The van der Waals surface area contributed by atoms with Gasteiger partial charge in [0, 0.05) is 5.54 Å². The largest absolute Gasteiger partial charge is 1.00 e. The molecule has 3 N–H and O–H groups in total. The Labute approximate surface area is 160 Å². The van der Waals surface area contributed by atoms with Crippen LogP contribution in [0, 0.1) is 0 Å². The number of amides is 1. The van der Waals surface area contributed by atoms with Crippen molar-refractivity contribution in [1.82, 2.24) is 5.32 Å². The Balaban J connectivity index is 0.00000338. The van der Waals surface area contributed by atoms with Gasteiger partial charge in [-0.25, -0.2) is 0 Å². The number of hydrogen-bond acceptors (Lipinski definition) is 4. The van der Waals surface area contributed by atoms with Crippen LogP contribution in [-0.2, 0) is 17.9 Å². The molecule has 0 radical (unpaired) electrons. The van der Waals surface area contributed by atoms with Crippen LogP contribution in [0.3, 0.4) is 0 Å². The van der Waals surface area contributed by atoms with Crippen molar-refractivity contribution in [2.24, 2.45) is 0 Å². The third-order valence-electron chi connectivity index (χ3n) is 3.43. The molecule has 1 aromatic heterocycles. The third-order valence-corrected chi connectivity index (χ3v) is 3.43. The zero-order valence-corrected chi connectivity index (χ0v) is 16.4. The van der Waals surface area contributed by atoms with Gasteiger partial charge < -0.3 is 36.9 Å². The van der Waals surface area contributed by atoms with E-state index in [0.717, 1.165) is 17.9 Å². The number of rotatable bonds is 8. The van der Waals surface area contributed by atoms with E-state index >= 15 is 0 Å². The fourth-order valence-electron chi connectivity index (χ4n) is 2.44. The van der Waals surface area contributed by atoms with Gasteiger partial charge in [0.1, 0.15) is 13.1 Å². The number of halogens is 1. The first-order chi connectivity index (χ1) is 11.9. The van der Waals surface area contributed by atoms with Gasteiger partial charge in [-0.15, -0.1) is 0 Å². The summed E-state index contributed by atoms with van der Waals surface area (Å²) >= 11 is 0. The highest BCUT2D eigenvalue weighted by atomic mass is 35.5. The lowest BCUT2D eigenvalue weighted by Gasteiger charge is -2.21. The Bertz CT molecular complexity index is 681. The average molecular weight is 383 g/mol. The second-order valence-corrected chi connectivity index (χ2v) is 6.81. The highest BCUT2D eigenvalue weighted by Gasteiger charge is 2.17. The number of para-hydroxylation sites is 1. The first kappa shape index (κ1) is 21.9. The van der Waals surface area contributed by atoms with E-state index in [9.17, 15) is 4.79 Å². The highest BCUT2D eigenvalue weighted by Crippen LogP contribution is 2.30. The van der Waals surface area contributed by atoms with Gasteiger partial charge in [-0.05, 0) is 45.0 Å². The number of hydrogen-bond donors (Lipinski definition) is 2. The number of carbonyl (C=O) groups is 1. The molecule has 6 nitrogen and oxygen atoms in total. The molecular formula is C19H27ClN2O4. The number of furan rings is 1. The van der Waals surface area contributed by atoms with Gasteiger partial charge in [-0.3, -0.25) is 4.79 Å². The number of nitrogens with two attached hydrogens (primary N) is 1. The van der Waals surface area contributed by atoms with E-state index in [1.165, 1.54) is 0 Å². The Kier molecular flexibility index (Phi) is 8.48. The molecular weight excluding hydrogens is 356 g/mol. The highest BCUT2D eigenvalue weighted by molar-refractivity contribution is 5.78. The predicted octanol–water partition coefficient (Wildman–Crippen LogP) is -1.15. The molecule has 1 heterocycles. The molecule has 0 fully saturated rings. The SMILES string of the molecule is COc1cccc(C[NH2+]Cc2ccco2)c1OCC(=O)NC(C)(C)C.[Cl-]. The van der Waals surface area contributed by atoms with Gasteiger partial charge in [-0.2, -0.15) is 0 Å². The van der Waals surface area contributed by atoms with E-state index in [0.29, 0.717) is 18.0 Å². The fourth-order valence-corrected chi connectivity index (χ4v) is 2.44. The van der Waals surface area contributed by atoms with Crippen molar-refractivity contribution in [1.29, 1.82) is 0 Å². The van der Waals surface area contributed by atoms with Gasteiger partial charge in [0.2, 0.25) is 0 Å². The summed E-state index contributed by atoms with van der Waals surface area (Å²) in [4.78, 5) is 12.0. The lowest BCUT2D eigenvalue weighted by Crippen LogP contribution is -3.00. The second-order valence-electron chi connectivity index (χ2n) is 6.81. The third kappa shape index (κ3) is 6.98. The topological polar surface area (TPSA) is 77.3 Å². The van der Waals surface area contributed by atoms with Crippen molar-refractivity contribution in [2.45, 2.75) is 39.4 Å². The number of nitrogens with one attached hydrogen (secondary N) is 1. The van der Waals surface area contributed by atoms with Crippen molar-refractivity contribution >= 4 is 5.91 Å². The molecule has 0 bridgehead atoms. The molecule has 2 rings (SSSR count). The predicted molar refractivity (Wildman–Crippen MR) is 94.4 cm³/mol. The molecule has 0 atom stereocenters. The van der Waals surface area contributed by atoms with Crippen LogP contribution in [0.2, 0.25) is 0 Å². The summed E-state index contributed by atoms with van der Waals surface area (Å²) in [6.45, 7) is 7.17. The van der Waals surface area contributed by atoms with Gasteiger partial charge in [-0.1, -0.05) is 6.07 Å². The summed E-state index contributed by atoms with van der Waals surface area (Å²) < 4.78 is 16.5. The van der Waals surface area contributed by atoms with Crippen molar-refractivity contribution in [3.63, 3.8) is 0 Å². The van der Waals surface area contributed by atoms with E-state index in [1.54, 1.807) is 13.4 Å². The van der Waals surface area contributed by atoms with Crippen LogP contribution < -0.4 is 32.5 Å². The minimum atomic E-state index is -0.291. The number of methoxy groups -OCH3 is 1. The quantitative estimate of drug-likeness (QED) is 0.604. The molecule has 0 aliphatic heterocycles. The first-order valence-electron chi connectivity index (χ1n) is 8.33. The van der Waals surface area contributed by atoms with E-state index in [1.807, 2.05) is 51.1 Å². The molecule has 0 saturated carbocycles. The summed E-state index contributed by atoms with van der Waals surface area (Å²) in [6, 6.07) is 9.52. The second kappa shape index (κ2) is 10.1. The number of quaternary nitrogens is 1. The molecule has 144 valence electrons. The minimum absolute atomic E-state index is 0. The van der Waals surface area contributed by atoms with Crippen LogP contribution in [0.15, 0.2) is 41.0 Å². The molecule has 0 saturated heterocycles. The van der Waals surface area contributed by atoms with Crippen LogP contribution >= 0.6 is 0 Å². The van der Waals surface area contributed by atoms with Crippen molar-refractivity contribution in [3.05, 3.63) is 47.9 Å². The monoisotopic (exact) mass is 382 g/mol. The summed E-state index contributed by atoms with van der Waals surface area (Å²) in [6.07, 6.45) is 1.66. The zero-order valence-electron chi connectivity index (χ0n) is 15.7. The first-order valence-corrected chi connectivity index (χ1v) is 8.33. The standard InChI is InChI=1S/C19H26N2O4.ClH/c1-19(2,3)21-17(22)13-25-18-14(7-5-9-16(18)23-4)11-20-12-15-8-6-10-24-15;/h5-10,20H,11-13H2,1-4H3,(H,21,22);1H. The van der Waals surface area contributed by atoms with Gasteiger partial charge in [0.15, 0.2) is 23.9 Å². The Hall–Kier alpha value is -2.18. The van der Waals surface area contributed by atoms with Gasteiger partial charge >= 0.3 is 0 Å². The number of benzene rings is 1. The maximum absolute atomic E-state index is 12.0. The van der Waals surface area contributed by atoms with E-state index in [2.05, 4.69) is 10.6 Å². The number of ether oxygens (including phenoxy) is 2. The lowest BCUT2D eigenvalue weighted by atomic mass is 10.1. The average Bonchev–Trinajstić information content (AvgIpc) is 3.05. The summed E-state index contributed by atoms with van der Waals surface area (Å²) in [5.74, 6) is 1.97. The Morgan fingerprint density at radius 2 is 1.96 bits per heavy atom. The Morgan fingerprint density at radius 3 is 2.58 bits per heavy atom. The van der Waals surface area contributed by atoms with Crippen molar-refractivity contribution in [2.75, 3.05) is 13.7 Å². The van der Waals surface area contributed by atoms with Crippen molar-refractivity contribution < 1.29 is 36.4 Å². The van der Waals surface area contributed by atoms with Crippen LogP contribution in [0.1, 0.15) is 32.1 Å². The minimum Gasteiger partial charge on any atom is -1.00 e. The van der Waals surface area contributed by atoms with Gasteiger partial charge in [0.05, 0.1) is 18.9 Å². The zero-order chi connectivity index (χ0) is 18.3. The molecule has 1 amide bonds. The molecule has 26 heavy (non-hydrogen) atoms. The summed E-state index contributed by atoms with van der Waals surface area (Å²) in [5, 5.41) is 4.99. The van der Waals surface area contributed by atoms with E-state index in [4.69, 9.17) is 13.9 Å². The molecule has 0 spiro atoms. The van der Waals surface area contributed by atoms with E-state index in [-0.39, 0.29) is 30.5 Å². The summed E-state index contributed by atoms with van der Waals surface area (Å²) in [7, 11) is 1.59. The molecule has 0 aliphatic rings. The van der Waals surface area contributed by atoms with Crippen molar-refractivity contribution in [3.8, 4) is 11.5 Å². The van der Waals surface area contributed by atoms with Crippen LogP contribution in [0.25, 0.3) is 0 Å². The van der Waals surface area contributed by atoms with Gasteiger partial charge in [0.25, 0.3) is 5.91 Å². The molecule has 2 aromatic rings. The smallest absolute Gasteiger partial charge is 0.258 e. The summed E-state index contributed by atoms with van der Waals surface area (Å²) in [5.41, 5.74) is 0.676. The normalized spacial score (nSPS) is 10.8. The molecule has 0 aliphatic carbocycles. The maximum atomic E-state index is 12.0.